The summed E-state index contributed by atoms with van der Waals surface area (Å²) in [5.74, 6) is 0.304. The predicted octanol–water partition coefficient (Wildman–Crippen LogP) is 4.77. The van der Waals surface area contributed by atoms with Crippen molar-refractivity contribution < 1.29 is 13.2 Å². The summed E-state index contributed by atoms with van der Waals surface area (Å²) in [6.07, 6.45) is -3.76. The van der Waals surface area contributed by atoms with Gasteiger partial charge in [-0.1, -0.05) is 47.7 Å². The van der Waals surface area contributed by atoms with E-state index in [1.54, 1.807) is 6.07 Å². The molecule has 0 aliphatic carbocycles. The van der Waals surface area contributed by atoms with Crippen LogP contribution in [0.25, 0.3) is 16.3 Å². The third-order valence-electron chi connectivity index (χ3n) is 4.08. The molecule has 0 aliphatic rings. The summed E-state index contributed by atoms with van der Waals surface area (Å²) in [5.41, 5.74) is 1.93. The maximum absolute atomic E-state index is 13.0. The monoisotopic (exact) mass is 374 g/mol. The van der Waals surface area contributed by atoms with E-state index in [-0.39, 0.29) is 0 Å². The quantitative estimate of drug-likeness (QED) is 0.519. The molecule has 0 unspecified atom stereocenters. The Morgan fingerprint density at radius 3 is 2.62 bits per heavy atom. The van der Waals surface area contributed by atoms with E-state index in [0.717, 1.165) is 28.3 Å². The summed E-state index contributed by atoms with van der Waals surface area (Å²) in [6, 6.07) is 13.0. The molecule has 0 N–H and O–H groups in total. The van der Waals surface area contributed by atoms with Crippen LogP contribution in [0.1, 0.15) is 21.7 Å². The summed E-state index contributed by atoms with van der Waals surface area (Å²) in [6.45, 7) is 2.03. The van der Waals surface area contributed by atoms with Gasteiger partial charge < -0.3 is 0 Å². The molecule has 8 heteroatoms. The fourth-order valence-electron chi connectivity index (χ4n) is 2.71. The van der Waals surface area contributed by atoms with E-state index in [0.29, 0.717) is 22.8 Å². The van der Waals surface area contributed by atoms with Gasteiger partial charge in [0.05, 0.1) is 5.56 Å². The zero-order valence-electron chi connectivity index (χ0n) is 13.7. The van der Waals surface area contributed by atoms with Gasteiger partial charge in [-0.15, -0.1) is 10.2 Å². The van der Waals surface area contributed by atoms with Crippen LogP contribution in [0.15, 0.2) is 48.5 Å². The SMILES string of the molecule is Cc1ccccc1Cc1nn2c(-c3cccc(C(F)(F)F)c3)nnc2s1. The van der Waals surface area contributed by atoms with Gasteiger partial charge in [-0.05, 0) is 30.2 Å². The summed E-state index contributed by atoms with van der Waals surface area (Å²) < 4.78 is 40.4. The molecule has 4 nitrogen and oxygen atoms in total. The number of aryl methyl sites for hydroxylation is 1. The van der Waals surface area contributed by atoms with Gasteiger partial charge in [0, 0.05) is 12.0 Å². The molecule has 0 aliphatic heterocycles. The van der Waals surface area contributed by atoms with Crippen molar-refractivity contribution in [3.05, 3.63) is 70.2 Å². The summed E-state index contributed by atoms with van der Waals surface area (Å²) in [7, 11) is 0. The first-order valence-electron chi connectivity index (χ1n) is 7.85. The van der Waals surface area contributed by atoms with Crippen molar-refractivity contribution in [2.24, 2.45) is 0 Å². The van der Waals surface area contributed by atoms with Crippen LogP contribution in [0.2, 0.25) is 0 Å². The zero-order chi connectivity index (χ0) is 18.3. The molecule has 2 aromatic heterocycles. The van der Waals surface area contributed by atoms with Crippen LogP contribution in [0.4, 0.5) is 13.2 Å². The number of hydrogen-bond acceptors (Lipinski definition) is 4. The predicted molar refractivity (Wildman–Crippen MR) is 93.1 cm³/mol. The second-order valence-electron chi connectivity index (χ2n) is 5.90. The topological polar surface area (TPSA) is 43.1 Å². The van der Waals surface area contributed by atoms with Crippen LogP contribution in [0, 0.1) is 6.92 Å². The largest absolute Gasteiger partial charge is 0.416 e. The van der Waals surface area contributed by atoms with E-state index >= 15 is 0 Å². The number of aromatic nitrogens is 4. The molecule has 0 saturated carbocycles. The van der Waals surface area contributed by atoms with Crippen LogP contribution in [-0.2, 0) is 12.6 Å². The number of fused-ring (bicyclic) bond motifs is 1. The van der Waals surface area contributed by atoms with Gasteiger partial charge in [-0.2, -0.15) is 22.8 Å². The Balaban J connectivity index is 1.72. The lowest BCUT2D eigenvalue weighted by atomic mass is 10.1. The smallest absolute Gasteiger partial charge is 0.183 e. The fraction of sp³-hybridized carbons (Fsp3) is 0.167. The van der Waals surface area contributed by atoms with Crippen molar-refractivity contribution in [2.75, 3.05) is 0 Å². The Kier molecular flexibility index (Phi) is 3.99. The van der Waals surface area contributed by atoms with Gasteiger partial charge in [0.15, 0.2) is 5.82 Å². The van der Waals surface area contributed by atoms with Crippen molar-refractivity contribution in [3.63, 3.8) is 0 Å². The Labute approximate surface area is 150 Å². The lowest BCUT2D eigenvalue weighted by molar-refractivity contribution is -0.137. The highest BCUT2D eigenvalue weighted by molar-refractivity contribution is 7.16. The maximum atomic E-state index is 13.0. The molecule has 4 aromatic rings. The Morgan fingerprint density at radius 2 is 1.85 bits per heavy atom. The van der Waals surface area contributed by atoms with E-state index in [2.05, 4.69) is 15.3 Å². The second-order valence-corrected chi connectivity index (χ2v) is 6.94. The van der Waals surface area contributed by atoms with Gasteiger partial charge in [-0.3, -0.25) is 0 Å². The number of hydrogen-bond donors (Lipinski definition) is 0. The molecule has 2 heterocycles. The molecule has 0 spiro atoms. The van der Waals surface area contributed by atoms with E-state index < -0.39 is 11.7 Å². The third kappa shape index (κ3) is 3.08. The van der Waals surface area contributed by atoms with Gasteiger partial charge in [0.2, 0.25) is 4.96 Å². The lowest BCUT2D eigenvalue weighted by Crippen LogP contribution is -2.05. The van der Waals surface area contributed by atoms with Crippen LogP contribution in [-0.4, -0.2) is 19.8 Å². The summed E-state index contributed by atoms with van der Waals surface area (Å²) in [5, 5.41) is 13.4. The molecular formula is C18H13F3N4S. The van der Waals surface area contributed by atoms with Crippen LogP contribution in [0.5, 0.6) is 0 Å². The maximum Gasteiger partial charge on any atom is 0.416 e. The van der Waals surface area contributed by atoms with Crippen LogP contribution < -0.4 is 0 Å². The molecule has 0 amide bonds. The van der Waals surface area contributed by atoms with Gasteiger partial charge in [-0.25, -0.2) is 0 Å². The molecule has 132 valence electrons. The summed E-state index contributed by atoms with van der Waals surface area (Å²) >= 11 is 1.38. The minimum absolute atomic E-state index is 0.304. The highest BCUT2D eigenvalue weighted by Crippen LogP contribution is 2.32. The first kappa shape index (κ1) is 16.7. The molecule has 0 radical (unpaired) electrons. The van der Waals surface area contributed by atoms with Crippen LogP contribution >= 0.6 is 11.3 Å². The van der Waals surface area contributed by atoms with E-state index in [1.807, 2.05) is 31.2 Å². The van der Waals surface area contributed by atoms with E-state index in [4.69, 9.17) is 0 Å². The third-order valence-corrected chi connectivity index (χ3v) is 4.98. The first-order chi connectivity index (χ1) is 12.4. The lowest BCUT2D eigenvalue weighted by Gasteiger charge is -2.07. The number of nitrogens with zero attached hydrogens (tertiary/aromatic N) is 4. The minimum Gasteiger partial charge on any atom is -0.183 e. The van der Waals surface area contributed by atoms with Gasteiger partial charge in [0.1, 0.15) is 5.01 Å². The molecule has 0 bridgehead atoms. The number of rotatable bonds is 3. The molecule has 0 saturated heterocycles. The average molecular weight is 374 g/mol. The van der Waals surface area contributed by atoms with Crippen molar-refractivity contribution in [3.8, 4) is 11.4 Å². The van der Waals surface area contributed by atoms with Crippen molar-refractivity contribution in [2.45, 2.75) is 19.5 Å². The standard InChI is InChI=1S/C18H13F3N4S/c1-11-5-2-3-6-12(11)10-15-24-25-16(22-23-17(25)26-15)13-7-4-8-14(9-13)18(19,20)21/h2-9H,10H2,1H3. The fourth-order valence-corrected chi connectivity index (χ4v) is 3.57. The summed E-state index contributed by atoms with van der Waals surface area (Å²) in [4.78, 5) is 0.556. The average Bonchev–Trinajstić information content (AvgIpc) is 3.16. The Hall–Kier alpha value is -2.74. The van der Waals surface area contributed by atoms with Crippen LogP contribution in [0.3, 0.4) is 0 Å². The molecule has 0 fully saturated rings. The van der Waals surface area contributed by atoms with Crippen molar-refractivity contribution >= 4 is 16.3 Å². The Morgan fingerprint density at radius 1 is 1.04 bits per heavy atom. The number of alkyl halides is 3. The van der Waals surface area contributed by atoms with Crippen molar-refractivity contribution in [1.82, 2.24) is 19.8 Å². The highest BCUT2D eigenvalue weighted by Gasteiger charge is 2.31. The highest BCUT2D eigenvalue weighted by atomic mass is 32.1. The zero-order valence-corrected chi connectivity index (χ0v) is 14.5. The molecule has 26 heavy (non-hydrogen) atoms. The molecular weight excluding hydrogens is 361 g/mol. The molecule has 0 atom stereocenters. The minimum atomic E-state index is -4.40. The van der Waals surface area contributed by atoms with Gasteiger partial charge >= 0.3 is 6.18 Å². The van der Waals surface area contributed by atoms with E-state index in [1.165, 1.54) is 21.9 Å². The normalized spacial score (nSPS) is 12.0. The van der Waals surface area contributed by atoms with Gasteiger partial charge in [0.25, 0.3) is 0 Å². The second kappa shape index (κ2) is 6.21. The number of benzene rings is 2. The molecule has 2 aromatic carbocycles. The molecule has 4 rings (SSSR count). The first-order valence-corrected chi connectivity index (χ1v) is 8.67. The van der Waals surface area contributed by atoms with Crippen molar-refractivity contribution in [1.29, 1.82) is 0 Å². The Bertz CT molecular complexity index is 1080. The van der Waals surface area contributed by atoms with E-state index in [9.17, 15) is 13.2 Å². The number of halogens is 3.